The highest BCUT2D eigenvalue weighted by Crippen LogP contribution is 2.58. The lowest BCUT2D eigenvalue weighted by atomic mass is 9.91. The van der Waals surface area contributed by atoms with Crippen molar-refractivity contribution in [3.05, 3.63) is 36.2 Å². The van der Waals surface area contributed by atoms with Crippen molar-refractivity contribution in [3.8, 4) is 11.5 Å². The maximum atomic E-state index is 12.5. The Kier molecular flexibility index (Phi) is 5.11. The number of nitrogens with zero attached hydrogens (tertiary/aromatic N) is 2. The highest BCUT2D eigenvalue weighted by Gasteiger charge is 2.57. The lowest BCUT2D eigenvalue weighted by Crippen LogP contribution is -2.34. The number of piperidine rings is 1. The summed E-state index contributed by atoms with van der Waals surface area (Å²) in [5.74, 6) is 1.26. The summed E-state index contributed by atoms with van der Waals surface area (Å²) in [7, 11) is 0. The van der Waals surface area contributed by atoms with Crippen molar-refractivity contribution in [2.24, 2.45) is 11.3 Å². The quantitative estimate of drug-likeness (QED) is 0.874. The number of aromatic nitrogens is 2. The molecule has 2 aromatic rings. The van der Waals surface area contributed by atoms with Crippen molar-refractivity contribution in [1.29, 1.82) is 0 Å². The van der Waals surface area contributed by atoms with Gasteiger partial charge in [0.2, 0.25) is 5.91 Å². The molecule has 2 aliphatic rings. The van der Waals surface area contributed by atoms with Gasteiger partial charge in [-0.05, 0) is 56.8 Å². The predicted molar refractivity (Wildman–Crippen MR) is 96.2 cm³/mol. The molecule has 7 heteroatoms. The van der Waals surface area contributed by atoms with E-state index in [0.717, 1.165) is 37.9 Å². The van der Waals surface area contributed by atoms with E-state index in [9.17, 15) is 4.79 Å². The fraction of sp³-hybridized carbons (Fsp3) is 0.500. The number of carbonyl (C=O) groups excluding carboxylic acids is 1. The summed E-state index contributed by atoms with van der Waals surface area (Å²) in [5.41, 5.74) is 1.12. The van der Waals surface area contributed by atoms with Gasteiger partial charge in [0, 0.05) is 11.5 Å². The highest BCUT2D eigenvalue weighted by molar-refractivity contribution is 5.85. The Morgan fingerprint density at radius 2 is 2.04 bits per heavy atom. The molecule has 1 spiro atoms. The van der Waals surface area contributed by atoms with Crippen LogP contribution in [-0.4, -0.2) is 29.1 Å². The average molecular weight is 363 g/mol. The number of benzene rings is 1. The monoisotopic (exact) mass is 362 g/mol. The van der Waals surface area contributed by atoms with Gasteiger partial charge >= 0.3 is 0 Å². The Balaban J connectivity index is 0.00000182. The van der Waals surface area contributed by atoms with Gasteiger partial charge in [-0.3, -0.25) is 4.79 Å². The van der Waals surface area contributed by atoms with Crippen molar-refractivity contribution in [1.82, 2.24) is 20.8 Å². The fourth-order valence-electron chi connectivity index (χ4n) is 3.68. The topological polar surface area (TPSA) is 80.0 Å². The Morgan fingerprint density at radius 1 is 1.32 bits per heavy atom. The van der Waals surface area contributed by atoms with E-state index in [4.69, 9.17) is 4.52 Å². The molecule has 0 radical (unpaired) electrons. The molecule has 6 nitrogen and oxygen atoms in total. The predicted octanol–water partition coefficient (Wildman–Crippen LogP) is 2.73. The zero-order chi connectivity index (χ0) is 16.6. The number of rotatable bonds is 4. The van der Waals surface area contributed by atoms with Gasteiger partial charge in [-0.15, -0.1) is 12.4 Å². The number of carbonyl (C=O) groups is 1. The molecule has 4 rings (SSSR count). The summed E-state index contributed by atoms with van der Waals surface area (Å²) >= 11 is 0. The normalized spacial score (nSPS) is 22.0. The summed E-state index contributed by atoms with van der Waals surface area (Å²) in [4.78, 5) is 16.9. The third kappa shape index (κ3) is 3.55. The molecule has 2 heterocycles. The fourth-order valence-corrected chi connectivity index (χ4v) is 3.68. The Hall–Kier alpha value is -1.92. The van der Waals surface area contributed by atoms with Crippen LogP contribution in [0.1, 0.15) is 38.1 Å². The van der Waals surface area contributed by atoms with Gasteiger partial charge in [0.15, 0.2) is 5.82 Å². The SMILES string of the molecule is CC(NC(=O)C1CC12CCNCC2)c1noc(-c2ccccc2)n1.Cl. The van der Waals surface area contributed by atoms with Crippen molar-refractivity contribution >= 4 is 18.3 Å². The van der Waals surface area contributed by atoms with E-state index >= 15 is 0 Å². The first kappa shape index (κ1) is 17.9. The van der Waals surface area contributed by atoms with Crippen LogP contribution in [0.4, 0.5) is 0 Å². The van der Waals surface area contributed by atoms with Gasteiger partial charge < -0.3 is 15.2 Å². The first-order valence-electron chi connectivity index (χ1n) is 8.58. The van der Waals surface area contributed by atoms with Crippen LogP contribution in [0.25, 0.3) is 11.5 Å². The van der Waals surface area contributed by atoms with Crippen LogP contribution < -0.4 is 10.6 Å². The zero-order valence-corrected chi connectivity index (χ0v) is 15.0. The molecule has 134 valence electrons. The second-order valence-electron chi connectivity index (χ2n) is 6.92. The number of amides is 1. The van der Waals surface area contributed by atoms with Crippen LogP contribution in [-0.2, 0) is 4.79 Å². The molecule has 2 unspecified atom stereocenters. The molecule has 1 amide bonds. The van der Waals surface area contributed by atoms with Gasteiger partial charge in [-0.25, -0.2) is 0 Å². The van der Waals surface area contributed by atoms with E-state index in [1.807, 2.05) is 37.3 Å². The van der Waals surface area contributed by atoms with Gasteiger partial charge in [0.1, 0.15) is 0 Å². The Bertz CT molecular complexity index is 728. The van der Waals surface area contributed by atoms with Gasteiger partial charge in [-0.1, -0.05) is 23.4 Å². The molecule has 1 aromatic heterocycles. The van der Waals surface area contributed by atoms with Crippen molar-refractivity contribution < 1.29 is 9.32 Å². The zero-order valence-electron chi connectivity index (χ0n) is 14.2. The minimum Gasteiger partial charge on any atom is -0.346 e. The van der Waals surface area contributed by atoms with Crippen molar-refractivity contribution in [2.45, 2.75) is 32.2 Å². The number of hydrogen-bond acceptors (Lipinski definition) is 5. The van der Waals surface area contributed by atoms with Crippen LogP contribution in [0.15, 0.2) is 34.9 Å². The van der Waals surface area contributed by atoms with Gasteiger partial charge in [0.25, 0.3) is 5.89 Å². The van der Waals surface area contributed by atoms with E-state index in [2.05, 4.69) is 20.8 Å². The summed E-state index contributed by atoms with van der Waals surface area (Å²) in [6.07, 6.45) is 3.20. The smallest absolute Gasteiger partial charge is 0.257 e. The summed E-state index contributed by atoms with van der Waals surface area (Å²) in [6.45, 7) is 3.93. The standard InChI is InChI=1S/C18H22N4O2.ClH/c1-12(15-21-17(24-22-15)13-5-3-2-4-6-13)20-16(23)14-11-18(14)7-9-19-10-8-18;/h2-6,12,14,19H,7-11H2,1H3,(H,20,23);1H. The van der Waals surface area contributed by atoms with Crippen LogP contribution in [0.3, 0.4) is 0 Å². The molecule has 2 fully saturated rings. The second kappa shape index (κ2) is 7.14. The molecule has 1 aliphatic heterocycles. The third-order valence-electron chi connectivity index (χ3n) is 5.31. The second-order valence-corrected chi connectivity index (χ2v) is 6.92. The molecule has 0 bridgehead atoms. The van der Waals surface area contributed by atoms with Crippen LogP contribution in [0, 0.1) is 11.3 Å². The summed E-state index contributed by atoms with van der Waals surface area (Å²) in [5, 5.41) is 10.4. The van der Waals surface area contributed by atoms with E-state index in [1.54, 1.807) is 0 Å². The van der Waals surface area contributed by atoms with Gasteiger partial charge in [0.05, 0.1) is 6.04 Å². The molecular formula is C18H23ClN4O2. The van der Waals surface area contributed by atoms with E-state index in [0.29, 0.717) is 11.7 Å². The van der Waals surface area contributed by atoms with Crippen LogP contribution in [0.5, 0.6) is 0 Å². The van der Waals surface area contributed by atoms with Crippen molar-refractivity contribution in [2.75, 3.05) is 13.1 Å². The Morgan fingerprint density at radius 3 is 2.76 bits per heavy atom. The minimum atomic E-state index is -0.252. The molecule has 1 saturated heterocycles. The number of hydrogen-bond donors (Lipinski definition) is 2. The maximum absolute atomic E-state index is 12.5. The van der Waals surface area contributed by atoms with E-state index in [-0.39, 0.29) is 35.7 Å². The molecule has 1 aromatic carbocycles. The third-order valence-corrected chi connectivity index (χ3v) is 5.31. The minimum absolute atomic E-state index is 0. The number of nitrogens with one attached hydrogen (secondary N) is 2. The lowest BCUT2D eigenvalue weighted by molar-refractivity contribution is -0.124. The lowest BCUT2D eigenvalue weighted by Gasteiger charge is -2.23. The first-order valence-corrected chi connectivity index (χ1v) is 8.58. The maximum Gasteiger partial charge on any atom is 0.257 e. The number of halogens is 1. The largest absolute Gasteiger partial charge is 0.346 e. The van der Waals surface area contributed by atoms with E-state index in [1.165, 1.54) is 0 Å². The van der Waals surface area contributed by atoms with Gasteiger partial charge in [-0.2, -0.15) is 4.98 Å². The molecule has 1 aliphatic carbocycles. The summed E-state index contributed by atoms with van der Waals surface area (Å²) in [6, 6.07) is 9.39. The van der Waals surface area contributed by atoms with Crippen LogP contribution in [0.2, 0.25) is 0 Å². The van der Waals surface area contributed by atoms with E-state index < -0.39 is 0 Å². The Labute approximate surface area is 153 Å². The molecule has 2 atom stereocenters. The molecule has 1 saturated carbocycles. The van der Waals surface area contributed by atoms with Crippen LogP contribution >= 0.6 is 12.4 Å². The summed E-state index contributed by atoms with van der Waals surface area (Å²) < 4.78 is 5.32. The highest BCUT2D eigenvalue weighted by atomic mass is 35.5. The molecule has 2 N–H and O–H groups in total. The van der Waals surface area contributed by atoms with Crippen molar-refractivity contribution in [3.63, 3.8) is 0 Å². The molecule has 25 heavy (non-hydrogen) atoms. The average Bonchev–Trinajstić information content (AvgIpc) is 3.08. The molecular weight excluding hydrogens is 340 g/mol. The first-order chi connectivity index (χ1) is 11.7.